The average Bonchev–Trinajstić information content (AvgIpc) is 3.70. The molecule has 1 saturated carbocycles. The number of anilines is 1. The maximum absolute atomic E-state index is 14.2. The van der Waals surface area contributed by atoms with E-state index in [0.717, 1.165) is 17.0 Å². The van der Waals surface area contributed by atoms with E-state index in [1.54, 1.807) is 11.6 Å². The van der Waals surface area contributed by atoms with Crippen molar-refractivity contribution < 1.29 is 40.7 Å². The normalized spacial score (nSPS) is 25.1. The fourth-order valence-corrected chi connectivity index (χ4v) is 8.12. The fraction of sp³-hybridized carbons (Fsp3) is 0.552. The van der Waals surface area contributed by atoms with Crippen molar-refractivity contribution in [3.63, 3.8) is 0 Å². The number of hydrogen-bond donors (Lipinski definition) is 1. The van der Waals surface area contributed by atoms with Crippen molar-refractivity contribution >= 4 is 33.4 Å². The maximum atomic E-state index is 14.2. The van der Waals surface area contributed by atoms with E-state index < -0.39 is 68.9 Å². The first-order chi connectivity index (χ1) is 21.3. The number of carbonyl (C=O) groups is 3. The van der Waals surface area contributed by atoms with Crippen LogP contribution in [-0.2, 0) is 25.5 Å². The van der Waals surface area contributed by atoms with Gasteiger partial charge in [-0.2, -0.15) is 23.5 Å². The van der Waals surface area contributed by atoms with Crippen LogP contribution >= 0.6 is 0 Å². The Balaban J connectivity index is 1.47. The number of amides is 3. The number of rotatable bonds is 6. The first-order valence-corrected chi connectivity index (χ1v) is 16.6. The Hall–Kier alpha value is -3.97. The maximum Gasteiger partial charge on any atom is 0.416 e. The molecule has 1 aliphatic carbocycles. The molecule has 240 valence electrons. The van der Waals surface area contributed by atoms with E-state index in [0.29, 0.717) is 56.3 Å². The third-order valence-electron chi connectivity index (χ3n) is 8.86. The minimum absolute atomic E-state index is 0.102. The number of halogens is 3. The summed E-state index contributed by atoms with van der Waals surface area (Å²) in [6.45, 7) is 2.68. The lowest BCUT2D eigenvalue weighted by Crippen LogP contribution is -2.56. The van der Waals surface area contributed by atoms with Gasteiger partial charge < -0.3 is 15.0 Å². The fourth-order valence-electron chi connectivity index (χ4n) is 6.56. The number of aromatic nitrogens is 2. The van der Waals surface area contributed by atoms with Gasteiger partial charge in [0.1, 0.15) is 23.8 Å². The van der Waals surface area contributed by atoms with Gasteiger partial charge in [0.25, 0.3) is 17.7 Å². The number of nitrogens with zero attached hydrogens (tertiary/aromatic N) is 5. The molecule has 0 bridgehead atoms. The van der Waals surface area contributed by atoms with E-state index in [9.17, 15) is 41.2 Å². The van der Waals surface area contributed by atoms with Crippen LogP contribution in [0, 0.1) is 17.2 Å². The van der Waals surface area contributed by atoms with E-state index in [4.69, 9.17) is 9.84 Å². The number of nitrogens with one attached hydrogen (secondary N) is 1. The molecule has 12 nitrogen and oxygen atoms in total. The lowest BCUT2D eigenvalue weighted by atomic mass is 9.82. The molecule has 4 aliphatic rings. The molecule has 0 unspecified atom stereocenters. The summed E-state index contributed by atoms with van der Waals surface area (Å²) in [6, 6.07) is 3.06. The van der Waals surface area contributed by atoms with Crippen LogP contribution in [0.1, 0.15) is 76.5 Å². The minimum atomic E-state index is -4.68. The van der Waals surface area contributed by atoms with Gasteiger partial charge in [-0.3, -0.25) is 19.3 Å². The first-order valence-electron chi connectivity index (χ1n) is 14.7. The summed E-state index contributed by atoms with van der Waals surface area (Å²) in [5.74, 6) is -3.89. The number of carbonyl (C=O) groups excluding carboxylic acids is 3. The van der Waals surface area contributed by atoms with Crippen molar-refractivity contribution in [2.24, 2.45) is 5.92 Å². The minimum Gasteiger partial charge on any atom is -0.381 e. The zero-order valence-corrected chi connectivity index (χ0v) is 25.1. The molecule has 0 radical (unpaired) electrons. The van der Waals surface area contributed by atoms with E-state index in [1.165, 1.54) is 11.0 Å². The monoisotopic (exact) mass is 648 g/mol. The average molecular weight is 649 g/mol. The molecule has 4 heterocycles. The Kier molecular flexibility index (Phi) is 7.88. The van der Waals surface area contributed by atoms with Crippen LogP contribution in [0.2, 0.25) is 0 Å². The Bertz CT molecular complexity index is 1690. The number of likely N-dealkylation sites (N-methyl/N-ethyl adjacent to an activating group) is 1. The standard InChI is InChI=1S/C29H31F3N6O6S/c1-2-36-26-22(21(16-6-7-16)23(27(36)40)34-25(39)17-4-3-5-18(12-17)29(30,31)32)24(35-38(26)19-8-10-44-11-9-19)28(41)37-15-45(42,43)14-20(37)13-33/h3-5,12,16,19-21,23H,2,6-11,14-15H2,1H3,(H,34,39)/t20-,21-,23-/m0/s1. The second-order valence-electron chi connectivity index (χ2n) is 11.8. The molecule has 3 fully saturated rings. The highest BCUT2D eigenvalue weighted by Crippen LogP contribution is 2.52. The van der Waals surface area contributed by atoms with Gasteiger partial charge in [-0.05, 0) is 56.7 Å². The van der Waals surface area contributed by atoms with Crippen LogP contribution in [0.5, 0.6) is 0 Å². The van der Waals surface area contributed by atoms with Crippen molar-refractivity contribution in [2.75, 3.05) is 36.3 Å². The quantitative estimate of drug-likeness (QED) is 0.502. The van der Waals surface area contributed by atoms with Gasteiger partial charge in [-0.25, -0.2) is 13.1 Å². The van der Waals surface area contributed by atoms with E-state index in [1.807, 2.05) is 6.07 Å². The lowest BCUT2D eigenvalue weighted by molar-refractivity contribution is -0.137. The van der Waals surface area contributed by atoms with Crippen molar-refractivity contribution in [3.8, 4) is 6.07 Å². The van der Waals surface area contributed by atoms with Crippen LogP contribution in [0.3, 0.4) is 0 Å². The van der Waals surface area contributed by atoms with Crippen LogP contribution < -0.4 is 10.2 Å². The number of nitriles is 1. The molecule has 2 saturated heterocycles. The second-order valence-corrected chi connectivity index (χ2v) is 13.9. The predicted octanol–water partition coefficient (Wildman–Crippen LogP) is 2.63. The highest BCUT2D eigenvalue weighted by Gasteiger charge is 2.53. The predicted molar refractivity (Wildman–Crippen MR) is 152 cm³/mol. The van der Waals surface area contributed by atoms with E-state index in [-0.39, 0.29) is 29.8 Å². The van der Waals surface area contributed by atoms with Crippen LogP contribution in [0.25, 0.3) is 0 Å². The first kappa shape index (κ1) is 31.0. The zero-order chi connectivity index (χ0) is 32.3. The number of alkyl halides is 3. The molecular formula is C29H31F3N6O6S. The molecule has 3 aliphatic heterocycles. The van der Waals surface area contributed by atoms with Crippen molar-refractivity contribution in [1.82, 2.24) is 20.0 Å². The Morgan fingerprint density at radius 3 is 2.51 bits per heavy atom. The Morgan fingerprint density at radius 1 is 1.18 bits per heavy atom. The van der Waals surface area contributed by atoms with Crippen molar-refractivity contribution in [1.29, 1.82) is 5.26 Å². The van der Waals surface area contributed by atoms with Crippen molar-refractivity contribution in [2.45, 2.75) is 62.8 Å². The topological polar surface area (TPSA) is 155 Å². The largest absolute Gasteiger partial charge is 0.416 e. The molecule has 0 spiro atoms. The third-order valence-corrected chi connectivity index (χ3v) is 10.4. The number of benzene rings is 1. The summed E-state index contributed by atoms with van der Waals surface area (Å²) in [5.41, 5.74) is -1.03. The third kappa shape index (κ3) is 5.67. The molecule has 3 atom stereocenters. The SMILES string of the molecule is CCN1C(=O)[C@@H](NC(=O)c2cccc(C(F)(F)F)c2)[C@@H](C2CC2)c2c(C(=O)N3CS(=O)(=O)C[C@@H]3C#N)nn(C3CCOCC3)c21. The van der Waals surface area contributed by atoms with Crippen LogP contribution in [-0.4, -0.2) is 84.3 Å². The smallest absolute Gasteiger partial charge is 0.381 e. The molecular weight excluding hydrogens is 617 g/mol. The summed E-state index contributed by atoms with van der Waals surface area (Å²) in [4.78, 5) is 44.1. The van der Waals surface area contributed by atoms with Gasteiger partial charge in [0, 0.05) is 36.8 Å². The molecule has 1 N–H and O–H groups in total. The number of hydrogen-bond acceptors (Lipinski definition) is 8. The molecule has 1 aromatic carbocycles. The van der Waals surface area contributed by atoms with E-state index in [2.05, 4.69) is 5.32 Å². The second kappa shape index (κ2) is 11.4. The zero-order valence-electron chi connectivity index (χ0n) is 24.3. The van der Waals surface area contributed by atoms with Gasteiger partial charge in [0.2, 0.25) is 0 Å². The van der Waals surface area contributed by atoms with Gasteiger partial charge in [-0.15, -0.1) is 0 Å². The van der Waals surface area contributed by atoms with Crippen molar-refractivity contribution in [3.05, 3.63) is 46.6 Å². The summed E-state index contributed by atoms with van der Waals surface area (Å²) in [7, 11) is -3.73. The number of ether oxygens (including phenoxy) is 1. The molecule has 2 aromatic rings. The molecule has 3 amide bonds. The van der Waals surface area contributed by atoms with Gasteiger partial charge >= 0.3 is 6.18 Å². The number of sulfone groups is 1. The van der Waals surface area contributed by atoms with Crippen LogP contribution in [0.4, 0.5) is 19.0 Å². The van der Waals surface area contributed by atoms with Gasteiger partial charge in [-0.1, -0.05) is 6.07 Å². The highest BCUT2D eigenvalue weighted by atomic mass is 32.2. The molecule has 45 heavy (non-hydrogen) atoms. The summed E-state index contributed by atoms with van der Waals surface area (Å²) >= 11 is 0. The Morgan fingerprint density at radius 2 is 1.89 bits per heavy atom. The summed E-state index contributed by atoms with van der Waals surface area (Å²) in [5, 5.41) is 17.1. The summed E-state index contributed by atoms with van der Waals surface area (Å²) < 4.78 is 72.2. The molecule has 6 rings (SSSR count). The molecule has 16 heteroatoms. The van der Waals surface area contributed by atoms with Gasteiger partial charge in [0.05, 0.1) is 23.4 Å². The van der Waals surface area contributed by atoms with Gasteiger partial charge in [0.15, 0.2) is 15.5 Å². The Labute approximate surface area is 257 Å². The summed E-state index contributed by atoms with van der Waals surface area (Å²) in [6.07, 6.45) is -2.28. The number of fused-ring (bicyclic) bond motifs is 1. The molecule has 1 aromatic heterocycles. The lowest BCUT2D eigenvalue weighted by Gasteiger charge is -2.39. The highest BCUT2D eigenvalue weighted by molar-refractivity contribution is 7.91. The van der Waals surface area contributed by atoms with E-state index >= 15 is 0 Å². The van der Waals surface area contributed by atoms with Crippen LogP contribution in [0.15, 0.2) is 24.3 Å².